The summed E-state index contributed by atoms with van der Waals surface area (Å²) in [5.41, 5.74) is 1.14. The van der Waals surface area contributed by atoms with E-state index < -0.39 is 11.7 Å². The number of hydrogen-bond donors (Lipinski definition) is 1. The molecule has 2 aliphatic rings. The number of carbonyl (C=O) groups excluding carboxylic acids is 2. The Hall–Kier alpha value is -1.99. The molecule has 2 aromatic heterocycles. The number of amides is 2. The number of thiophene rings is 1. The van der Waals surface area contributed by atoms with Crippen molar-refractivity contribution in [1.29, 1.82) is 0 Å². The smallest absolute Gasteiger partial charge is 0.264 e. The predicted octanol–water partition coefficient (Wildman–Crippen LogP) is 3.62. The zero-order valence-corrected chi connectivity index (χ0v) is 15.7. The van der Waals surface area contributed by atoms with E-state index in [9.17, 15) is 14.0 Å². The summed E-state index contributed by atoms with van der Waals surface area (Å²) < 4.78 is 13.8. The number of halogens is 2. The van der Waals surface area contributed by atoms with Crippen molar-refractivity contribution < 1.29 is 14.0 Å². The Kier molecular flexibility index (Phi) is 4.23. The molecule has 1 aliphatic carbocycles. The molecule has 1 N–H and O–H groups in total. The van der Waals surface area contributed by atoms with Crippen molar-refractivity contribution in [2.24, 2.45) is 0 Å². The molecule has 136 valence electrons. The molecule has 1 aliphatic heterocycles. The van der Waals surface area contributed by atoms with Gasteiger partial charge in [0.1, 0.15) is 6.54 Å². The molecule has 5 nitrogen and oxygen atoms in total. The van der Waals surface area contributed by atoms with Gasteiger partial charge in [-0.2, -0.15) is 0 Å². The fourth-order valence-electron chi connectivity index (χ4n) is 3.39. The molecule has 4 rings (SSSR count). The lowest BCUT2D eigenvalue weighted by Crippen LogP contribution is -2.46. The first kappa shape index (κ1) is 17.4. The first-order valence-electron chi connectivity index (χ1n) is 8.45. The van der Waals surface area contributed by atoms with Crippen LogP contribution in [0, 0.1) is 5.82 Å². The molecule has 0 bridgehead atoms. The molecule has 0 aromatic carbocycles. The second-order valence-electron chi connectivity index (χ2n) is 6.78. The van der Waals surface area contributed by atoms with Crippen LogP contribution in [0.2, 0.25) is 5.02 Å². The third kappa shape index (κ3) is 2.99. The molecule has 1 saturated carbocycles. The molecule has 0 saturated heterocycles. The minimum absolute atomic E-state index is 0.00276. The Morgan fingerprint density at radius 3 is 2.88 bits per heavy atom. The van der Waals surface area contributed by atoms with Gasteiger partial charge in [-0.3, -0.25) is 9.59 Å². The van der Waals surface area contributed by atoms with Gasteiger partial charge in [-0.05, 0) is 37.0 Å². The molecule has 2 amide bonds. The standard InChI is InChI=1S/C18H17ClFN3O2S/c1-2-11-6-12-15(26-11)17(25)23(9-18(12)3-4-18)8-14(24)22-16-13(20)5-10(19)7-21-16/h5-7H,2-4,8-9H2,1H3,(H,21,22,24). The van der Waals surface area contributed by atoms with E-state index in [4.69, 9.17) is 11.6 Å². The van der Waals surface area contributed by atoms with E-state index in [0.717, 1.165) is 35.8 Å². The number of fused-ring (bicyclic) bond motifs is 2. The first-order valence-corrected chi connectivity index (χ1v) is 9.65. The monoisotopic (exact) mass is 393 g/mol. The van der Waals surface area contributed by atoms with Crippen LogP contribution in [-0.4, -0.2) is 34.8 Å². The van der Waals surface area contributed by atoms with Crippen molar-refractivity contribution in [2.45, 2.75) is 31.6 Å². The van der Waals surface area contributed by atoms with E-state index >= 15 is 0 Å². The van der Waals surface area contributed by atoms with Crippen LogP contribution in [0.4, 0.5) is 10.2 Å². The minimum Gasteiger partial charge on any atom is -0.328 e. The van der Waals surface area contributed by atoms with Crippen molar-refractivity contribution >= 4 is 40.6 Å². The van der Waals surface area contributed by atoms with Gasteiger partial charge in [-0.25, -0.2) is 9.37 Å². The van der Waals surface area contributed by atoms with Crippen LogP contribution in [0.3, 0.4) is 0 Å². The zero-order valence-electron chi connectivity index (χ0n) is 14.1. The molecule has 0 radical (unpaired) electrons. The van der Waals surface area contributed by atoms with Crippen LogP contribution in [0.15, 0.2) is 18.3 Å². The molecule has 8 heteroatoms. The summed E-state index contributed by atoms with van der Waals surface area (Å²) in [5.74, 6) is -1.49. The summed E-state index contributed by atoms with van der Waals surface area (Å²) >= 11 is 7.18. The lowest BCUT2D eigenvalue weighted by atomic mass is 9.91. The number of nitrogens with zero attached hydrogens (tertiary/aromatic N) is 2. The van der Waals surface area contributed by atoms with Gasteiger partial charge < -0.3 is 10.2 Å². The number of aryl methyl sites for hydroxylation is 1. The summed E-state index contributed by atoms with van der Waals surface area (Å²) in [6.45, 7) is 2.48. The number of pyridine rings is 1. The van der Waals surface area contributed by atoms with Crippen molar-refractivity contribution in [2.75, 3.05) is 18.4 Å². The normalized spacial score (nSPS) is 17.3. The molecule has 2 aromatic rings. The molecule has 1 spiro atoms. The average Bonchev–Trinajstić information content (AvgIpc) is 3.22. The molecule has 0 atom stereocenters. The van der Waals surface area contributed by atoms with Crippen LogP contribution in [0.5, 0.6) is 0 Å². The van der Waals surface area contributed by atoms with Gasteiger partial charge in [0.25, 0.3) is 5.91 Å². The molecular weight excluding hydrogens is 377 g/mol. The minimum atomic E-state index is -0.706. The van der Waals surface area contributed by atoms with Crippen LogP contribution in [0.25, 0.3) is 0 Å². The second kappa shape index (κ2) is 6.32. The van der Waals surface area contributed by atoms with Gasteiger partial charge in [0, 0.05) is 23.0 Å². The van der Waals surface area contributed by atoms with E-state index in [2.05, 4.69) is 23.3 Å². The van der Waals surface area contributed by atoms with E-state index in [1.54, 1.807) is 4.90 Å². The maximum Gasteiger partial charge on any atom is 0.264 e. The lowest BCUT2D eigenvalue weighted by molar-refractivity contribution is -0.117. The predicted molar refractivity (Wildman–Crippen MR) is 98.3 cm³/mol. The maximum absolute atomic E-state index is 13.8. The van der Waals surface area contributed by atoms with Gasteiger partial charge in [-0.15, -0.1) is 11.3 Å². The van der Waals surface area contributed by atoms with Crippen molar-refractivity contribution in [1.82, 2.24) is 9.88 Å². The summed E-state index contributed by atoms with van der Waals surface area (Å²) in [4.78, 5) is 32.4. The Bertz CT molecular complexity index is 910. The van der Waals surface area contributed by atoms with Crippen LogP contribution in [0.1, 0.15) is 39.9 Å². The zero-order chi connectivity index (χ0) is 18.5. The Labute approximate surface area is 159 Å². The van der Waals surface area contributed by atoms with Gasteiger partial charge in [0.2, 0.25) is 5.91 Å². The maximum atomic E-state index is 13.8. The lowest BCUT2D eigenvalue weighted by Gasteiger charge is -2.32. The number of carbonyl (C=O) groups is 2. The SMILES string of the molecule is CCc1cc2c(s1)C(=O)N(CC(=O)Nc1ncc(Cl)cc1F)CC21CC1. The molecule has 26 heavy (non-hydrogen) atoms. The van der Waals surface area contributed by atoms with Crippen LogP contribution in [-0.2, 0) is 16.6 Å². The molecule has 3 heterocycles. The van der Waals surface area contributed by atoms with E-state index in [-0.39, 0.29) is 28.7 Å². The van der Waals surface area contributed by atoms with Gasteiger partial charge in [0.05, 0.1) is 9.90 Å². The summed E-state index contributed by atoms with van der Waals surface area (Å²) in [6.07, 6.45) is 4.20. The van der Waals surface area contributed by atoms with E-state index in [1.807, 2.05) is 0 Å². The fraction of sp³-hybridized carbons (Fsp3) is 0.389. The highest BCUT2D eigenvalue weighted by Crippen LogP contribution is 2.54. The third-order valence-corrected chi connectivity index (χ3v) is 6.41. The van der Waals surface area contributed by atoms with E-state index in [0.29, 0.717) is 6.54 Å². The number of hydrogen-bond acceptors (Lipinski definition) is 4. The Morgan fingerprint density at radius 1 is 1.46 bits per heavy atom. The highest BCUT2D eigenvalue weighted by Gasteiger charge is 2.52. The van der Waals surface area contributed by atoms with Crippen molar-refractivity contribution in [3.05, 3.63) is 44.5 Å². The van der Waals surface area contributed by atoms with Crippen molar-refractivity contribution in [3.63, 3.8) is 0 Å². The molecule has 0 unspecified atom stereocenters. The van der Waals surface area contributed by atoms with E-state index in [1.165, 1.54) is 22.4 Å². The average molecular weight is 394 g/mol. The summed E-state index contributed by atoms with van der Waals surface area (Å²) in [5, 5.41) is 2.57. The second-order valence-corrected chi connectivity index (χ2v) is 8.36. The quantitative estimate of drug-likeness (QED) is 0.862. The topological polar surface area (TPSA) is 62.3 Å². The summed E-state index contributed by atoms with van der Waals surface area (Å²) in [7, 11) is 0. The van der Waals surface area contributed by atoms with Crippen LogP contribution >= 0.6 is 22.9 Å². The fourth-order valence-corrected chi connectivity index (χ4v) is 4.72. The van der Waals surface area contributed by atoms with Gasteiger partial charge in [0.15, 0.2) is 11.6 Å². The number of anilines is 1. The number of nitrogens with one attached hydrogen (secondary N) is 1. The van der Waals surface area contributed by atoms with Crippen LogP contribution < -0.4 is 5.32 Å². The highest BCUT2D eigenvalue weighted by molar-refractivity contribution is 7.14. The molecule has 1 fully saturated rings. The summed E-state index contributed by atoms with van der Waals surface area (Å²) in [6, 6.07) is 3.23. The van der Waals surface area contributed by atoms with Gasteiger partial charge >= 0.3 is 0 Å². The van der Waals surface area contributed by atoms with Gasteiger partial charge in [-0.1, -0.05) is 18.5 Å². The van der Waals surface area contributed by atoms with Crippen molar-refractivity contribution in [3.8, 4) is 0 Å². The number of aromatic nitrogens is 1. The Morgan fingerprint density at radius 2 is 2.23 bits per heavy atom. The largest absolute Gasteiger partial charge is 0.328 e. The highest BCUT2D eigenvalue weighted by atomic mass is 35.5. The number of rotatable bonds is 4. The first-order chi connectivity index (χ1) is 12.4. The third-order valence-electron chi connectivity index (χ3n) is 4.93. The Balaban J connectivity index is 1.52. The molecular formula is C18H17ClFN3O2S.